The number of benzene rings is 1. The Balaban J connectivity index is 1.90. The Morgan fingerprint density at radius 2 is 1.90 bits per heavy atom. The lowest BCUT2D eigenvalue weighted by Crippen LogP contribution is -2.66. The van der Waals surface area contributed by atoms with E-state index < -0.39 is 5.54 Å². The molecule has 1 N–H and O–H groups in total. The zero-order chi connectivity index (χ0) is 14.3. The van der Waals surface area contributed by atoms with Gasteiger partial charge in [-0.2, -0.15) is 0 Å². The van der Waals surface area contributed by atoms with Crippen molar-refractivity contribution in [2.75, 3.05) is 18.6 Å². The van der Waals surface area contributed by atoms with E-state index >= 15 is 0 Å². The molecule has 1 heterocycles. The van der Waals surface area contributed by atoms with E-state index in [1.807, 2.05) is 19.1 Å². The van der Waals surface area contributed by atoms with Crippen molar-refractivity contribution < 1.29 is 14.3 Å². The van der Waals surface area contributed by atoms with Crippen LogP contribution in [0.3, 0.4) is 0 Å². The molecule has 1 unspecified atom stereocenters. The lowest BCUT2D eigenvalue weighted by molar-refractivity contribution is -0.136. The molecule has 0 spiro atoms. The van der Waals surface area contributed by atoms with E-state index in [9.17, 15) is 9.59 Å². The van der Waals surface area contributed by atoms with E-state index in [2.05, 4.69) is 5.32 Å². The van der Waals surface area contributed by atoms with Crippen LogP contribution < -0.4 is 15.0 Å². The summed E-state index contributed by atoms with van der Waals surface area (Å²) >= 11 is 0. The third-order valence-corrected chi connectivity index (χ3v) is 4.17. The van der Waals surface area contributed by atoms with Crippen LogP contribution in [0.1, 0.15) is 19.8 Å². The first-order chi connectivity index (χ1) is 9.54. The van der Waals surface area contributed by atoms with E-state index in [0.717, 1.165) is 24.3 Å². The fraction of sp³-hybridized carbons (Fsp3) is 0.467. The number of nitrogens with one attached hydrogen (secondary N) is 1. The molecule has 2 fully saturated rings. The van der Waals surface area contributed by atoms with Gasteiger partial charge in [0, 0.05) is 5.69 Å². The molecule has 20 heavy (non-hydrogen) atoms. The number of anilines is 1. The lowest BCUT2D eigenvalue weighted by Gasteiger charge is -2.40. The Morgan fingerprint density at radius 1 is 1.25 bits per heavy atom. The highest BCUT2D eigenvalue weighted by molar-refractivity contribution is 6.09. The molecule has 3 rings (SSSR count). The summed E-state index contributed by atoms with van der Waals surface area (Å²) in [4.78, 5) is 26.2. The van der Waals surface area contributed by atoms with Gasteiger partial charge >= 0.3 is 0 Å². The van der Waals surface area contributed by atoms with Gasteiger partial charge in [0.15, 0.2) is 0 Å². The van der Waals surface area contributed by atoms with Gasteiger partial charge in [0.25, 0.3) is 5.91 Å². The number of hydrogen-bond donors (Lipinski definition) is 1. The molecule has 1 aromatic rings. The Labute approximate surface area is 117 Å². The Hall–Kier alpha value is -2.04. The van der Waals surface area contributed by atoms with Gasteiger partial charge in [-0.25, -0.2) is 0 Å². The molecule has 1 saturated heterocycles. The van der Waals surface area contributed by atoms with Crippen LogP contribution >= 0.6 is 0 Å². The van der Waals surface area contributed by atoms with E-state index in [0.29, 0.717) is 0 Å². The molecular formula is C15H18N2O3. The number of carbonyl (C=O) groups excluding carboxylic acids is 2. The highest BCUT2D eigenvalue weighted by Crippen LogP contribution is 2.42. The zero-order valence-electron chi connectivity index (χ0n) is 11.7. The van der Waals surface area contributed by atoms with Crippen LogP contribution in [-0.4, -0.2) is 31.0 Å². The minimum atomic E-state index is -0.755. The normalized spacial score (nSPS) is 26.4. The molecule has 2 amide bonds. The molecule has 106 valence electrons. The van der Waals surface area contributed by atoms with Crippen molar-refractivity contribution in [1.82, 2.24) is 5.32 Å². The molecule has 1 aliphatic carbocycles. The van der Waals surface area contributed by atoms with Crippen LogP contribution in [0.25, 0.3) is 0 Å². The number of rotatable bonds is 3. The molecule has 0 radical (unpaired) electrons. The van der Waals surface area contributed by atoms with Gasteiger partial charge in [-0.1, -0.05) is 0 Å². The maximum absolute atomic E-state index is 12.7. The summed E-state index contributed by atoms with van der Waals surface area (Å²) in [7, 11) is 1.60. The lowest BCUT2D eigenvalue weighted by atomic mass is 9.91. The molecule has 0 aromatic heterocycles. The molecular weight excluding hydrogens is 256 g/mol. The van der Waals surface area contributed by atoms with E-state index in [1.54, 1.807) is 24.1 Å². The minimum absolute atomic E-state index is 0.0234. The summed E-state index contributed by atoms with van der Waals surface area (Å²) < 4.78 is 5.11. The molecule has 0 bridgehead atoms. The molecule has 5 nitrogen and oxygen atoms in total. The highest BCUT2D eigenvalue weighted by Gasteiger charge is 2.52. The first-order valence-corrected chi connectivity index (χ1v) is 6.81. The molecule has 1 atom stereocenters. The first-order valence-electron chi connectivity index (χ1n) is 6.81. The summed E-state index contributed by atoms with van der Waals surface area (Å²) in [5.74, 6) is 0.868. The summed E-state index contributed by atoms with van der Waals surface area (Å²) in [5.41, 5.74) is -0.0209. The number of piperazine rings is 1. The topological polar surface area (TPSA) is 58.6 Å². The second-order valence-corrected chi connectivity index (χ2v) is 5.61. The number of carbonyl (C=O) groups is 2. The van der Waals surface area contributed by atoms with Gasteiger partial charge in [-0.05, 0) is 49.9 Å². The second-order valence-electron chi connectivity index (χ2n) is 5.61. The number of methoxy groups -OCH3 is 1. The second kappa shape index (κ2) is 4.51. The maximum Gasteiger partial charge on any atom is 0.253 e. The van der Waals surface area contributed by atoms with Gasteiger partial charge in [-0.3, -0.25) is 9.59 Å². The number of nitrogens with zero attached hydrogens (tertiary/aromatic N) is 1. The molecule has 5 heteroatoms. The van der Waals surface area contributed by atoms with Gasteiger partial charge in [0.1, 0.15) is 17.8 Å². The Kier molecular flexibility index (Phi) is 2.92. The summed E-state index contributed by atoms with van der Waals surface area (Å²) in [6.07, 6.45) is 2.00. The monoisotopic (exact) mass is 274 g/mol. The van der Waals surface area contributed by atoms with Crippen molar-refractivity contribution in [3.8, 4) is 5.75 Å². The number of hydrogen-bond acceptors (Lipinski definition) is 3. The molecule has 1 aliphatic heterocycles. The SMILES string of the molecule is COc1ccc(N2CC(=O)NC(C)(C3CC3)C2=O)cc1. The average molecular weight is 274 g/mol. The molecule has 1 saturated carbocycles. The van der Waals surface area contributed by atoms with E-state index in [-0.39, 0.29) is 24.3 Å². The number of ether oxygens (including phenoxy) is 1. The smallest absolute Gasteiger partial charge is 0.253 e. The fourth-order valence-corrected chi connectivity index (χ4v) is 2.79. The number of amides is 2. The van der Waals surface area contributed by atoms with Crippen molar-refractivity contribution in [2.45, 2.75) is 25.3 Å². The van der Waals surface area contributed by atoms with Crippen molar-refractivity contribution >= 4 is 17.5 Å². The van der Waals surface area contributed by atoms with Crippen LogP contribution in [-0.2, 0) is 9.59 Å². The van der Waals surface area contributed by atoms with Crippen LogP contribution in [0.4, 0.5) is 5.69 Å². The predicted octanol–water partition coefficient (Wildman–Crippen LogP) is 1.33. The van der Waals surface area contributed by atoms with Crippen molar-refractivity contribution in [1.29, 1.82) is 0 Å². The minimum Gasteiger partial charge on any atom is -0.497 e. The molecule has 1 aromatic carbocycles. The predicted molar refractivity (Wildman–Crippen MR) is 74.6 cm³/mol. The summed E-state index contributed by atoms with van der Waals surface area (Å²) in [5, 5.41) is 2.87. The quantitative estimate of drug-likeness (QED) is 0.904. The fourth-order valence-electron chi connectivity index (χ4n) is 2.79. The van der Waals surface area contributed by atoms with E-state index in [1.165, 1.54) is 0 Å². The molecule has 2 aliphatic rings. The van der Waals surface area contributed by atoms with E-state index in [4.69, 9.17) is 4.74 Å². The highest BCUT2D eigenvalue weighted by atomic mass is 16.5. The van der Waals surface area contributed by atoms with Crippen molar-refractivity contribution in [2.24, 2.45) is 5.92 Å². The van der Waals surface area contributed by atoms with Crippen LogP contribution in [0.5, 0.6) is 5.75 Å². The van der Waals surface area contributed by atoms with Crippen LogP contribution in [0.15, 0.2) is 24.3 Å². The summed E-state index contributed by atoms with van der Waals surface area (Å²) in [6.45, 7) is 1.91. The third-order valence-electron chi connectivity index (χ3n) is 4.17. The van der Waals surface area contributed by atoms with Crippen molar-refractivity contribution in [3.05, 3.63) is 24.3 Å². The van der Waals surface area contributed by atoms with Crippen molar-refractivity contribution in [3.63, 3.8) is 0 Å². The third kappa shape index (κ3) is 2.03. The van der Waals surface area contributed by atoms with Crippen LogP contribution in [0, 0.1) is 5.92 Å². The average Bonchev–Trinajstić information content (AvgIpc) is 3.28. The zero-order valence-corrected chi connectivity index (χ0v) is 11.7. The van der Waals surface area contributed by atoms with Gasteiger partial charge in [-0.15, -0.1) is 0 Å². The van der Waals surface area contributed by atoms with Crippen LogP contribution in [0.2, 0.25) is 0 Å². The summed E-state index contributed by atoms with van der Waals surface area (Å²) in [6, 6.07) is 7.21. The largest absolute Gasteiger partial charge is 0.497 e. The van der Waals surface area contributed by atoms with Gasteiger partial charge in [0.2, 0.25) is 5.91 Å². The van der Waals surface area contributed by atoms with Gasteiger partial charge < -0.3 is 15.0 Å². The maximum atomic E-state index is 12.7. The Bertz CT molecular complexity index is 551. The van der Waals surface area contributed by atoms with Gasteiger partial charge in [0.05, 0.1) is 7.11 Å². The Morgan fingerprint density at radius 3 is 2.45 bits per heavy atom. The first kappa shape index (κ1) is 13.0. The standard InChI is InChI=1S/C15H18N2O3/c1-15(10-3-4-10)14(19)17(9-13(18)16-15)11-5-7-12(20-2)8-6-11/h5-8,10H,3-4,9H2,1-2H3,(H,16,18).